The zero-order valence-corrected chi connectivity index (χ0v) is 21.6. The number of hydrogen-bond acceptors (Lipinski definition) is 2. The minimum Gasteiger partial charge on any atom is -0.230 e. The van der Waals surface area contributed by atoms with Gasteiger partial charge in [0.2, 0.25) is 12.7 Å². The van der Waals surface area contributed by atoms with Gasteiger partial charge in [-0.3, -0.25) is 0 Å². The number of benzene rings is 2. The molecule has 0 saturated heterocycles. The first kappa shape index (κ1) is 22.3. The van der Waals surface area contributed by atoms with E-state index in [1.165, 1.54) is 31.8 Å². The van der Waals surface area contributed by atoms with Crippen molar-refractivity contribution in [2.75, 3.05) is 0 Å². The first-order valence-corrected chi connectivity index (χ1v) is 14.0. The molecule has 4 aromatic heterocycles. The predicted molar refractivity (Wildman–Crippen MR) is 145 cm³/mol. The second-order valence-corrected chi connectivity index (χ2v) is 11.3. The van der Waals surface area contributed by atoms with Crippen molar-refractivity contribution in [2.24, 2.45) is 0 Å². The van der Waals surface area contributed by atoms with Crippen LogP contribution in [0.15, 0.2) is 96.2 Å². The molecule has 0 aliphatic carbocycles. The van der Waals surface area contributed by atoms with E-state index >= 15 is 0 Å². The van der Waals surface area contributed by atoms with Crippen LogP contribution in [0, 0.1) is 0 Å². The highest BCUT2D eigenvalue weighted by Crippen LogP contribution is 2.22. The predicted octanol–water partition coefficient (Wildman–Crippen LogP) is 6.43. The number of thiophene rings is 2. The van der Waals surface area contributed by atoms with Crippen LogP contribution in [-0.2, 0) is 19.6 Å². The van der Waals surface area contributed by atoms with Crippen molar-refractivity contribution in [1.82, 2.24) is 9.13 Å². The van der Waals surface area contributed by atoms with Crippen molar-refractivity contribution in [3.63, 3.8) is 0 Å². The average Bonchev–Trinajstić information content (AvgIpc) is 3.69. The van der Waals surface area contributed by atoms with E-state index in [2.05, 4.69) is 121 Å². The van der Waals surface area contributed by atoms with E-state index in [4.69, 9.17) is 0 Å². The standard InChI is InChI=1S/C29H30N4S2/c1-23(33-22-32(20-25-11-8-18-35-25)28-14-4-5-15-29(28)33)9-6-16-30-21-31(19-24-10-7-17-34-24)27-13-3-2-12-26(27)30/h2-5,7-8,10-15,17-18,21-23H,6,9,16,19-20H2,1H3/q+2. The molecule has 0 bridgehead atoms. The maximum atomic E-state index is 2.47. The Morgan fingerprint density at radius 1 is 0.714 bits per heavy atom. The molecule has 0 spiro atoms. The van der Waals surface area contributed by atoms with Crippen molar-refractivity contribution >= 4 is 44.7 Å². The van der Waals surface area contributed by atoms with Gasteiger partial charge < -0.3 is 0 Å². The number of aryl methyl sites for hydroxylation is 1. The molecule has 0 N–H and O–H groups in total. The summed E-state index contributed by atoms with van der Waals surface area (Å²) in [7, 11) is 0. The van der Waals surface area contributed by atoms with Crippen molar-refractivity contribution in [1.29, 1.82) is 0 Å². The van der Waals surface area contributed by atoms with Crippen LogP contribution in [-0.4, -0.2) is 9.13 Å². The molecule has 4 heterocycles. The third kappa shape index (κ3) is 4.56. The molecule has 4 nitrogen and oxygen atoms in total. The van der Waals surface area contributed by atoms with Gasteiger partial charge in [0.25, 0.3) is 0 Å². The van der Waals surface area contributed by atoms with Crippen molar-refractivity contribution < 1.29 is 9.13 Å². The average molecular weight is 499 g/mol. The van der Waals surface area contributed by atoms with Gasteiger partial charge in [-0.05, 0) is 66.9 Å². The zero-order valence-electron chi connectivity index (χ0n) is 20.0. The molecule has 0 amide bonds. The van der Waals surface area contributed by atoms with Gasteiger partial charge in [-0.2, -0.15) is 0 Å². The van der Waals surface area contributed by atoms with Gasteiger partial charge in [-0.1, -0.05) is 36.4 Å². The minimum atomic E-state index is 0.435. The summed E-state index contributed by atoms with van der Waals surface area (Å²) in [6.07, 6.45) is 6.88. The van der Waals surface area contributed by atoms with Crippen LogP contribution in [0.4, 0.5) is 0 Å². The monoisotopic (exact) mass is 498 g/mol. The van der Waals surface area contributed by atoms with E-state index in [0.717, 1.165) is 32.5 Å². The molecule has 0 saturated carbocycles. The number of para-hydroxylation sites is 4. The lowest BCUT2D eigenvalue weighted by molar-refractivity contribution is -0.663. The fourth-order valence-corrected chi connectivity index (χ4v) is 6.47. The molecular weight excluding hydrogens is 468 g/mol. The Labute approximate surface area is 213 Å². The quantitative estimate of drug-likeness (QED) is 0.204. The largest absolute Gasteiger partial charge is 0.245 e. The van der Waals surface area contributed by atoms with Crippen molar-refractivity contribution in [3.8, 4) is 0 Å². The second-order valence-electron chi connectivity index (χ2n) is 9.21. The van der Waals surface area contributed by atoms with Crippen molar-refractivity contribution in [2.45, 2.75) is 45.4 Å². The highest BCUT2D eigenvalue weighted by molar-refractivity contribution is 7.10. The molecule has 35 heavy (non-hydrogen) atoms. The summed E-state index contributed by atoms with van der Waals surface area (Å²) in [6.45, 7) is 5.24. The summed E-state index contributed by atoms with van der Waals surface area (Å²) in [6, 6.07) is 26.7. The van der Waals surface area contributed by atoms with E-state index in [1.807, 2.05) is 22.7 Å². The first-order chi connectivity index (χ1) is 17.3. The van der Waals surface area contributed by atoms with Gasteiger partial charge in [0.1, 0.15) is 13.1 Å². The molecule has 2 aromatic carbocycles. The number of imidazole rings is 2. The highest BCUT2D eigenvalue weighted by atomic mass is 32.1. The number of fused-ring (bicyclic) bond motifs is 2. The second kappa shape index (κ2) is 9.80. The fourth-order valence-electron chi connectivity index (χ4n) is 5.06. The number of aromatic nitrogens is 4. The Balaban J connectivity index is 1.19. The Morgan fingerprint density at radius 2 is 1.31 bits per heavy atom. The van der Waals surface area contributed by atoms with E-state index in [0.29, 0.717) is 6.04 Å². The molecular formula is C29H30N4S2+2. The molecule has 0 aliphatic heterocycles. The van der Waals surface area contributed by atoms with Crippen LogP contribution in [0.2, 0.25) is 0 Å². The van der Waals surface area contributed by atoms with Crippen LogP contribution in [0.3, 0.4) is 0 Å². The lowest BCUT2D eigenvalue weighted by Gasteiger charge is -2.08. The van der Waals surface area contributed by atoms with E-state index in [-0.39, 0.29) is 0 Å². The van der Waals surface area contributed by atoms with Gasteiger partial charge in [0.15, 0.2) is 22.1 Å². The summed E-state index contributed by atoms with van der Waals surface area (Å²) in [5.41, 5.74) is 5.24. The fraction of sp³-hybridized carbons (Fsp3) is 0.241. The maximum Gasteiger partial charge on any atom is 0.245 e. The van der Waals surface area contributed by atoms with Crippen LogP contribution >= 0.6 is 22.7 Å². The maximum absolute atomic E-state index is 2.47. The molecule has 0 aliphatic rings. The Kier molecular flexibility index (Phi) is 6.23. The lowest BCUT2D eigenvalue weighted by Crippen LogP contribution is -2.32. The third-order valence-electron chi connectivity index (χ3n) is 6.82. The molecule has 176 valence electrons. The van der Waals surface area contributed by atoms with E-state index in [9.17, 15) is 0 Å². The first-order valence-electron chi connectivity index (χ1n) is 12.3. The summed E-state index contributed by atoms with van der Waals surface area (Å²) in [5.74, 6) is 0. The van der Waals surface area contributed by atoms with Gasteiger partial charge >= 0.3 is 0 Å². The Hall–Kier alpha value is -3.22. The molecule has 1 unspecified atom stereocenters. The highest BCUT2D eigenvalue weighted by Gasteiger charge is 2.21. The molecule has 6 aromatic rings. The SMILES string of the molecule is CC(CCCn1c[n+](Cc2cccs2)c2ccccc21)n1c[n+](Cc2cccs2)c2ccccc21. The van der Waals surface area contributed by atoms with E-state index in [1.54, 1.807) is 0 Å². The molecule has 0 fully saturated rings. The van der Waals surface area contributed by atoms with Gasteiger partial charge in [0, 0.05) is 9.75 Å². The third-order valence-corrected chi connectivity index (χ3v) is 8.54. The number of rotatable bonds is 9. The summed E-state index contributed by atoms with van der Waals surface area (Å²) >= 11 is 3.65. The molecule has 6 rings (SSSR count). The van der Waals surface area contributed by atoms with Crippen LogP contribution in [0.25, 0.3) is 22.1 Å². The number of nitrogens with zero attached hydrogens (tertiary/aromatic N) is 4. The topological polar surface area (TPSA) is 17.6 Å². The van der Waals surface area contributed by atoms with Crippen LogP contribution in [0.5, 0.6) is 0 Å². The van der Waals surface area contributed by atoms with E-state index < -0.39 is 0 Å². The van der Waals surface area contributed by atoms with Crippen LogP contribution in [0.1, 0.15) is 35.6 Å². The lowest BCUT2D eigenvalue weighted by atomic mass is 10.1. The summed E-state index contributed by atoms with van der Waals surface area (Å²) in [4.78, 5) is 2.78. The summed E-state index contributed by atoms with van der Waals surface area (Å²) in [5, 5.41) is 4.32. The molecule has 1 atom stereocenters. The van der Waals surface area contributed by atoms with Crippen molar-refractivity contribution in [3.05, 3.63) is 106 Å². The molecule has 6 heteroatoms. The van der Waals surface area contributed by atoms with Gasteiger partial charge in [-0.15, -0.1) is 22.7 Å². The zero-order chi connectivity index (χ0) is 23.6. The normalized spacial score (nSPS) is 12.6. The molecule has 0 radical (unpaired) electrons. The Morgan fingerprint density at radius 3 is 1.97 bits per heavy atom. The summed E-state index contributed by atoms with van der Waals surface area (Å²) < 4.78 is 9.68. The minimum absolute atomic E-state index is 0.435. The van der Waals surface area contributed by atoms with Gasteiger partial charge in [-0.25, -0.2) is 18.3 Å². The van der Waals surface area contributed by atoms with Gasteiger partial charge in [0.05, 0.1) is 12.6 Å². The van der Waals surface area contributed by atoms with Crippen LogP contribution < -0.4 is 9.13 Å². The Bertz CT molecular complexity index is 1540. The smallest absolute Gasteiger partial charge is 0.230 e. The number of hydrogen-bond donors (Lipinski definition) is 0.